The molecule has 0 bridgehead atoms. The first kappa shape index (κ1) is 11.7. The number of aryl methyl sites for hydroxylation is 1. The minimum absolute atomic E-state index is 0.188. The van der Waals surface area contributed by atoms with Crippen LogP contribution in [0.3, 0.4) is 0 Å². The molecule has 3 aromatic rings. The first-order valence-electron chi connectivity index (χ1n) is 5.61. The Kier molecular flexibility index (Phi) is 2.72. The van der Waals surface area contributed by atoms with E-state index in [1.807, 2.05) is 29.8 Å². The molecule has 0 aliphatic carbocycles. The zero-order chi connectivity index (χ0) is 13.4. The van der Waals surface area contributed by atoms with Crippen LogP contribution in [-0.4, -0.2) is 19.5 Å². The number of aromatic nitrogens is 4. The summed E-state index contributed by atoms with van der Waals surface area (Å²) in [5.74, 6) is 1.25. The van der Waals surface area contributed by atoms with Gasteiger partial charge in [-0.1, -0.05) is 0 Å². The van der Waals surface area contributed by atoms with Gasteiger partial charge in [0.1, 0.15) is 5.82 Å². The predicted octanol–water partition coefficient (Wildman–Crippen LogP) is 2.34. The Labute approximate surface area is 114 Å². The molecule has 0 saturated carbocycles. The topological polar surface area (TPSA) is 81.7 Å². The number of hydrogen-bond donors (Lipinski definition) is 2. The number of anilines is 3. The Hall–Kier alpha value is -2.34. The summed E-state index contributed by atoms with van der Waals surface area (Å²) in [7, 11) is 1.91. The van der Waals surface area contributed by atoms with Crippen molar-refractivity contribution in [1.29, 1.82) is 0 Å². The lowest BCUT2D eigenvalue weighted by molar-refractivity contribution is 0.954. The summed E-state index contributed by atoms with van der Waals surface area (Å²) in [5, 5.41) is 3.29. The molecule has 7 heteroatoms. The van der Waals surface area contributed by atoms with Crippen LogP contribution in [0.4, 0.5) is 17.5 Å². The van der Waals surface area contributed by atoms with Gasteiger partial charge in [-0.2, -0.15) is 0 Å². The highest BCUT2D eigenvalue weighted by Crippen LogP contribution is 2.22. The smallest absolute Gasteiger partial charge is 0.224 e. The number of nitrogens with two attached hydrogens (primary N) is 1. The monoisotopic (exact) mass is 274 g/mol. The summed E-state index contributed by atoms with van der Waals surface area (Å²) in [6.45, 7) is 0. The number of nitrogens with one attached hydrogen (secondary N) is 1. The highest BCUT2D eigenvalue weighted by molar-refractivity contribution is 6.28. The van der Waals surface area contributed by atoms with E-state index >= 15 is 0 Å². The highest BCUT2D eigenvalue weighted by Gasteiger charge is 2.08. The molecule has 0 aliphatic rings. The van der Waals surface area contributed by atoms with Crippen LogP contribution in [0.5, 0.6) is 0 Å². The minimum atomic E-state index is 0.188. The molecule has 0 fully saturated rings. The van der Waals surface area contributed by atoms with Gasteiger partial charge in [0.15, 0.2) is 0 Å². The molecule has 0 saturated heterocycles. The third-order valence-corrected chi connectivity index (χ3v) is 2.95. The molecule has 3 rings (SSSR count). The summed E-state index contributed by atoms with van der Waals surface area (Å²) >= 11 is 5.74. The second-order valence-corrected chi connectivity index (χ2v) is 4.42. The number of imidazole rings is 1. The molecule has 0 radical (unpaired) electrons. The molecule has 19 heavy (non-hydrogen) atoms. The molecular formula is C12H11ClN6. The maximum absolute atomic E-state index is 5.75. The highest BCUT2D eigenvalue weighted by atomic mass is 35.5. The molecule has 0 unspecified atom stereocenters. The lowest BCUT2D eigenvalue weighted by Gasteiger charge is -2.04. The number of rotatable bonds is 2. The standard InChI is InChI=1S/C12H11ClN6/c1-19-9-3-2-7(14)6-8(9)16-12(19)18-10-4-5-15-11(13)17-10/h2-6H,14H2,1H3,(H,15,16,17,18). The van der Waals surface area contributed by atoms with Crippen molar-refractivity contribution in [2.75, 3.05) is 11.1 Å². The molecular weight excluding hydrogens is 264 g/mol. The van der Waals surface area contributed by atoms with E-state index < -0.39 is 0 Å². The molecule has 6 nitrogen and oxygen atoms in total. The Morgan fingerprint density at radius 1 is 1.26 bits per heavy atom. The fourth-order valence-corrected chi connectivity index (χ4v) is 2.00. The molecule has 0 amide bonds. The molecule has 2 aromatic heterocycles. The number of benzene rings is 1. The van der Waals surface area contributed by atoms with Crippen molar-refractivity contribution in [3.63, 3.8) is 0 Å². The number of nitrogens with zero attached hydrogens (tertiary/aromatic N) is 4. The summed E-state index contributed by atoms with van der Waals surface area (Å²) in [6.07, 6.45) is 1.58. The maximum atomic E-state index is 5.75. The number of fused-ring (bicyclic) bond motifs is 1. The fourth-order valence-electron chi connectivity index (χ4n) is 1.85. The van der Waals surface area contributed by atoms with Crippen LogP contribution in [0.15, 0.2) is 30.5 Å². The van der Waals surface area contributed by atoms with Crippen LogP contribution in [0.25, 0.3) is 11.0 Å². The normalized spacial score (nSPS) is 10.8. The Morgan fingerprint density at radius 2 is 2.11 bits per heavy atom. The van der Waals surface area contributed by atoms with Gasteiger partial charge in [-0.25, -0.2) is 15.0 Å². The van der Waals surface area contributed by atoms with Crippen molar-refractivity contribution in [3.8, 4) is 0 Å². The minimum Gasteiger partial charge on any atom is -0.399 e. The van der Waals surface area contributed by atoms with Gasteiger partial charge in [-0.15, -0.1) is 0 Å². The Balaban J connectivity index is 2.03. The van der Waals surface area contributed by atoms with E-state index in [-0.39, 0.29) is 5.28 Å². The summed E-state index contributed by atoms with van der Waals surface area (Å²) in [4.78, 5) is 12.4. The number of hydrogen-bond acceptors (Lipinski definition) is 5. The van der Waals surface area contributed by atoms with E-state index in [2.05, 4.69) is 20.3 Å². The molecule has 0 atom stereocenters. The van der Waals surface area contributed by atoms with E-state index in [1.54, 1.807) is 12.3 Å². The molecule has 0 aliphatic heterocycles. The fraction of sp³-hybridized carbons (Fsp3) is 0.0833. The van der Waals surface area contributed by atoms with E-state index in [4.69, 9.17) is 17.3 Å². The Bertz CT molecular complexity index is 751. The van der Waals surface area contributed by atoms with Gasteiger partial charge >= 0.3 is 0 Å². The van der Waals surface area contributed by atoms with Crippen molar-refractivity contribution in [2.24, 2.45) is 7.05 Å². The lowest BCUT2D eigenvalue weighted by Crippen LogP contribution is -2.01. The third-order valence-electron chi connectivity index (χ3n) is 2.77. The number of nitrogen functional groups attached to an aromatic ring is 1. The van der Waals surface area contributed by atoms with E-state index in [9.17, 15) is 0 Å². The van der Waals surface area contributed by atoms with Gasteiger partial charge in [0.2, 0.25) is 11.2 Å². The van der Waals surface area contributed by atoms with E-state index in [0.29, 0.717) is 17.5 Å². The van der Waals surface area contributed by atoms with Crippen molar-refractivity contribution in [3.05, 3.63) is 35.7 Å². The number of halogens is 1. The van der Waals surface area contributed by atoms with Crippen molar-refractivity contribution < 1.29 is 0 Å². The predicted molar refractivity (Wildman–Crippen MR) is 75.5 cm³/mol. The second kappa shape index (κ2) is 4.40. The van der Waals surface area contributed by atoms with Crippen LogP contribution >= 0.6 is 11.6 Å². The lowest BCUT2D eigenvalue weighted by atomic mass is 10.3. The third kappa shape index (κ3) is 2.17. The first-order valence-corrected chi connectivity index (χ1v) is 5.99. The first-order chi connectivity index (χ1) is 9.13. The van der Waals surface area contributed by atoms with Crippen molar-refractivity contribution >= 4 is 40.1 Å². The van der Waals surface area contributed by atoms with E-state index in [1.165, 1.54) is 0 Å². The maximum Gasteiger partial charge on any atom is 0.224 e. The largest absolute Gasteiger partial charge is 0.399 e. The molecule has 2 heterocycles. The van der Waals surface area contributed by atoms with Gasteiger partial charge in [-0.05, 0) is 35.9 Å². The Morgan fingerprint density at radius 3 is 2.89 bits per heavy atom. The van der Waals surface area contributed by atoms with Gasteiger partial charge in [0.25, 0.3) is 0 Å². The molecule has 96 valence electrons. The zero-order valence-corrected chi connectivity index (χ0v) is 10.9. The molecule has 0 spiro atoms. The summed E-state index contributed by atoms with van der Waals surface area (Å²) < 4.78 is 1.92. The van der Waals surface area contributed by atoms with Crippen LogP contribution in [0, 0.1) is 0 Å². The molecule has 3 N–H and O–H groups in total. The summed E-state index contributed by atoms with van der Waals surface area (Å²) in [5.41, 5.74) is 8.24. The average Bonchev–Trinajstić information content (AvgIpc) is 2.66. The zero-order valence-electron chi connectivity index (χ0n) is 10.1. The van der Waals surface area contributed by atoms with Crippen molar-refractivity contribution in [1.82, 2.24) is 19.5 Å². The van der Waals surface area contributed by atoms with Gasteiger partial charge in [-0.3, -0.25) is 0 Å². The van der Waals surface area contributed by atoms with Crippen LogP contribution < -0.4 is 11.1 Å². The van der Waals surface area contributed by atoms with E-state index in [0.717, 1.165) is 11.0 Å². The quantitative estimate of drug-likeness (QED) is 0.554. The SMILES string of the molecule is Cn1c(Nc2ccnc(Cl)n2)nc2cc(N)ccc21. The van der Waals surface area contributed by atoms with Crippen molar-refractivity contribution in [2.45, 2.75) is 0 Å². The second-order valence-electron chi connectivity index (χ2n) is 4.08. The average molecular weight is 275 g/mol. The van der Waals surface area contributed by atoms with Gasteiger partial charge in [0.05, 0.1) is 11.0 Å². The van der Waals surface area contributed by atoms with Crippen LogP contribution in [0.1, 0.15) is 0 Å². The van der Waals surface area contributed by atoms with Gasteiger partial charge in [0, 0.05) is 18.9 Å². The summed E-state index contributed by atoms with van der Waals surface area (Å²) in [6, 6.07) is 7.32. The molecule has 1 aromatic carbocycles. The van der Waals surface area contributed by atoms with Gasteiger partial charge < -0.3 is 15.6 Å². The van der Waals surface area contributed by atoms with Crippen LogP contribution in [-0.2, 0) is 7.05 Å². The van der Waals surface area contributed by atoms with Crippen LogP contribution in [0.2, 0.25) is 5.28 Å².